The lowest BCUT2D eigenvalue weighted by Gasteiger charge is -2.21. The molecule has 0 radical (unpaired) electrons. The zero-order valence-electron chi connectivity index (χ0n) is 12.1. The standard InChI is InChI=1S/C17H19N3/c1-17(2,3)12-8-13(18)10-14(9-12)20-11-19-15-6-4-5-7-16(15)20/h4-11H,18H2,1-3H3. The van der Waals surface area contributed by atoms with Crippen LogP contribution in [0.2, 0.25) is 0 Å². The first-order valence-corrected chi connectivity index (χ1v) is 6.79. The minimum atomic E-state index is 0.0700. The number of anilines is 1. The van der Waals surface area contributed by atoms with Crippen LogP contribution in [-0.4, -0.2) is 9.55 Å². The van der Waals surface area contributed by atoms with Crippen molar-refractivity contribution in [3.05, 3.63) is 54.4 Å². The second kappa shape index (κ2) is 4.37. The summed E-state index contributed by atoms with van der Waals surface area (Å²) in [5.41, 5.74) is 11.3. The lowest BCUT2D eigenvalue weighted by atomic mass is 9.86. The van der Waals surface area contributed by atoms with Gasteiger partial charge in [-0.2, -0.15) is 0 Å². The number of nitrogens with two attached hydrogens (primary N) is 1. The highest BCUT2D eigenvalue weighted by molar-refractivity contribution is 5.77. The quantitative estimate of drug-likeness (QED) is 0.678. The van der Waals surface area contributed by atoms with Crippen LogP contribution in [0.3, 0.4) is 0 Å². The maximum Gasteiger partial charge on any atom is 0.100 e. The molecule has 3 nitrogen and oxygen atoms in total. The van der Waals surface area contributed by atoms with Crippen molar-refractivity contribution in [1.29, 1.82) is 0 Å². The molecule has 2 aromatic carbocycles. The van der Waals surface area contributed by atoms with Crippen LogP contribution < -0.4 is 5.73 Å². The third kappa shape index (κ3) is 2.16. The van der Waals surface area contributed by atoms with Gasteiger partial charge in [-0.05, 0) is 41.3 Å². The molecule has 20 heavy (non-hydrogen) atoms. The molecule has 0 amide bonds. The zero-order chi connectivity index (χ0) is 14.3. The first kappa shape index (κ1) is 12.7. The molecule has 0 saturated carbocycles. The molecule has 0 aliphatic rings. The molecule has 0 fully saturated rings. The molecule has 0 atom stereocenters. The molecule has 0 saturated heterocycles. The zero-order valence-corrected chi connectivity index (χ0v) is 12.1. The molecule has 0 aliphatic heterocycles. The van der Waals surface area contributed by atoms with Gasteiger partial charge in [0.05, 0.1) is 11.0 Å². The first-order chi connectivity index (χ1) is 9.45. The molecular formula is C17H19N3. The van der Waals surface area contributed by atoms with Gasteiger partial charge >= 0.3 is 0 Å². The average molecular weight is 265 g/mol. The molecule has 2 N–H and O–H groups in total. The monoisotopic (exact) mass is 265 g/mol. The molecule has 0 bridgehead atoms. The molecule has 102 valence electrons. The summed E-state index contributed by atoms with van der Waals surface area (Å²) in [4.78, 5) is 4.44. The molecule has 0 spiro atoms. The molecular weight excluding hydrogens is 246 g/mol. The number of nitrogens with zero attached hydrogens (tertiary/aromatic N) is 2. The number of imidazole rings is 1. The predicted molar refractivity (Wildman–Crippen MR) is 84.2 cm³/mol. The Bertz CT molecular complexity index is 763. The van der Waals surface area contributed by atoms with Crippen LogP contribution in [0.1, 0.15) is 26.3 Å². The Hall–Kier alpha value is -2.29. The number of hydrogen-bond donors (Lipinski definition) is 1. The second-order valence-corrected chi connectivity index (χ2v) is 6.17. The van der Waals surface area contributed by atoms with Crippen molar-refractivity contribution in [2.75, 3.05) is 5.73 Å². The van der Waals surface area contributed by atoms with Gasteiger partial charge in [0.1, 0.15) is 6.33 Å². The van der Waals surface area contributed by atoms with Gasteiger partial charge in [-0.3, -0.25) is 4.57 Å². The molecule has 1 heterocycles. The number of hydrogen-bond acceptors (Lipinski definition) is 2. The van der Waals surface area contributed by atoms with Gasteiger partial charge < -0.3 is 5.73 Å². The molecule has 3 heteroatoms. The SMILES string of the molecule is CC(C)(C)c1cc(N)cc(-n2cnc3ccccc32)c1. The Morgan fingerprint density at radius 3 is 2.55 bits per heavy atom. The summed E-state index contributed by atoms with van der Waals surface area (Å²) in [6.07, 6.45) is 1.85. The Labute approximate surface area is 119 Å². The van der Waals surface area contributed by atoms with Crippen molar-refractivity contribution in [3.8, 4) is 5.69 Å². The molecule has 1 aromatic heterocycles. The van der Waals surface area contributed by atoms with Gasteiger partial charge in [0.25, 0.3) is 0 Å². The van der Waals surface area contributed by atoms with Crippen molar-refractivity contribution >= 4 is 16.7 Å². The minimum absolute atomic E-state index is 0.0700. The van der Waals surface area contributed by atoms with Crippen LogP contribution in [0.15, 0.2) is 48.8 Å². The highest BCUT2D eigenvalue weighted by Crippen LogP contribution is 2.28. The van der Waals surface area contributed by atoms with E-state index in [1.165, 1.54) is 5.56 Å². The summed E-state index contributed by atoms with van der Waals surface area (Å²) in [7, 11) is 0. The van der Waals surface area contributed by atoms with Gasteiger partial charge in [-0.25, -0.2) is 4.98 Å². The van der Waals surface area contributed by atoms with E-state index in [9.17, 15) is 0 Å². The van der Waals surface area contributed by atoms with Crippen LogP contribution in [0, 0.1) is 0 Å². The van der Waals surface area contributed by atoms with Crippen LogP contribution in [0.5, 0.6) is 0 Å². The van der Waals surface area contributed by atoms with Gasteiger partial charge in [0.2, 0.25) is 0 Å². The van der Waals surface area contributed by atoms with E-state index in [2.05, 4.69) is 42.5 Å². The van der Waals surface area contributed by atoms with Gasteiger partial charge in [-0.1, -0.05) is 32.9 Å². The predicted octanol–water partition coefficient (Wildman–Crippen LogP) is 3.91. The minimum Gasteiger partial charge on any atom is -0.399 e. The number of para-hydroxylation sites is 2. The van der Waals surface area contributed by atoms with Crippen LogP contribution >= 0.6 is 0 Å². The van der Waals surface area contributed by atoms with Gasteiger partial charge in [0, 0.05) is 11.4 Å². The first-order valence-electron chi connectivity index (χ1n) is 6.79. The van der Waals surface area contributed by atoms with E-state index >= 15 is 0 Å². The number of aromatic nitrogens is 2. The van der Waals surface area contributed by atoms with Crippen molar-refractivity contribution in [2.24, 2.45) is 0 Å². The molecule has 0 unspecified atom stereocenters. The van der Waals surface area contributed by atoms with E-state index in [1.54, 1.807) is 0 Å². The summed E-state index contributed by atoms with van der Waals surface area (Å²) in [6.45, 7) is 6.58. The second-order valence-electron chi connectivity index (χ2n) is 6.17. The van der Waals surface area contributed by atoms with E-state index in [0.717, 1.165) is 22.4 Å². The highest BCUT2D eigenvalue weighted by atomic mass is 15.0. The van der Waals surface area contributed by atoms with Gasteiger partial charge in [-0.15, -0.1) is 0 Å². The van der Waals surface area contributed by atoms with E-state index in [0.29, 0.717) is 0 Å². The van der Waals surface area contributed by atoms with Crippen LogP contribution in [-0.2, 0) is 5.41 Å². The Morgan fingerprint density at radius 1 is 1.05 bits per heavy atom. The van der Waals surface area contributed by atoms with Crippen molar-refractivity contribution < 1.29 is 0 Å². The molecule has 0 aliphatic carbocycles. The van der Waals surface area contributed by atoms with E-state index in [-0.39, 0.29) is 5.41 Å². The number of rotatable bonds is 1. The third-order valence-electron chi connectivity index (χ3n) is 3.54. The lowest BCUT2D eigenvalue weighted by Crippen LogP contribution is -2.12. The smallest absolute Gasteiger partial charge is 0.100 e. The Kier molecular flexibility index (Phi) is 2.78. The molecule has 3 aromatic rings. The summed E-state index contributed by atoms with van der Waals surface area (Å²) in [5, 5.41) is 0. The highest BCUT2D eigenvalue weighted by Gasteiger charge is 2.16. The third-order valence-corrected chi connectivity index (χ3v) is 3.54. The summed E-state index contributed by atoms with van der Waals surface area (Å²) in [6, 6.07) is 14.3. The van der Waals surface area contributed by atoms with E-state index in [4.69, 9.17) is 5.73 Å². The van der Waals surface area contributed by atoms with Crippen LogP contribution in [0.4, 0.5) is 5.69 Å². The van der Waals surface area contributed by atoms with E-state index in [1.807, 2.05) is 36.7 Å². The maximum absolute atomic E-state index is 6.07. The van der Waals surface area contributed by atoms with Gasteiger partial charge in [0.15, 0.2) is 0 Å². The normalized spacial score (nSPS) is 11.9. The van der Waals surface area contributed by atoms with Crippen LogP contribution in [0.25, 0.3) is 16.7 Å². The Balaban J connectivity index is 2.22. The lowest BCUT2D eigenvalue weighted by molar-refractivity contribution is 0.590. The number of nitrogen functional groups attached to an aromatic ring is 1. The summed E-state index contributed by atoms with van der Waals surface area (Å²) in [5.74, 6) is 0. The van der Waals surface area contributed by atoms with Crippen molar-refractivity contribution in [3.63, 3.8) is 0 Å². The van der Waals surface area contributed by atoms with Crippen molar-refractivity contribution in [1.82, 2.24) is 9.55 Å². The summed E-state index contributed by atoms with van der Waals surface area (Å²) < 4.78 is 2.08. The summed E-state index contributed by atoms with van der Waals surface area (Å²) >= 11 is 0. The Morgan fingerprint density at radius 2 is 1.80 bits per heavy atom. The topological polar surface area (TPSA) is 43.8 Å². The number of fused-ring (bicyclic) bond motifs is 1. The fraction of sp³-hybridized carbons (Fsp3) is 0.235. The van der Waals surface area contributed by atoms with E-state index < -0.39 is 0 Å². The maximum atomic E-state index is 6.07. The molecule has 3 rings (SSSR count). The van der Waals surface area contributed by atoms with Crippen molar-refractivity contribution in [2.45, 2.75) is 26.2 Å². The fourth-order valence-electron chi connectivity index (χ4n) is 2.37. The fourth-order valence-corrected chi connectivity index (χ4v) is 2.37. The largest absolute Gasteiger partial charge is 0.399 e. The average Bonchev–Trinajstić information content (AvgIpc) is 2.80. The number of benzene rings is 2.